The lowest BCUT2D eigenvalue weighted by Crippen LogP contribution is -3.14. The number of likely N-dealkylation sites (N-methyl/N-ethyl adjacent to an activating group) is 1. The first-order valence-electron chi connectivity index (χ1n) is 8.92. The smallest absolute Gasteiger partial charge is 0.288 e. The molecule has 1 aliphatic rings. The van der Waals surface area contributed by atoms with Crippen molar-refractivity contribution in [1.29, 1.82) is 0 Å². The highest BCUT2D eigenvalue weighted by Gasteiger charge is 2.22. The van der Waals surface area contributed by atoms with E-state index in [-0.39, 0.29) is 16.3 Å². The number of rotatable bonds is 5. The maximum Gasteiger partial charge on any atom is 0.288 e. The number of nitro benzene ring substituents is 1. The molecule has 0 bridgehead atoms. The number of carbonyl (C=O) groups excluding carboxylic acids is 1. The van der Waals surface area contributed by atoms with Gasteiger partial charge < -0.3 is 15.1 Å². The summed E-state index contributed by atoms with van der Waals surface area (Å²) in [6.45, 7) is 7.25. The summed E-state index contributed by atoms with van der Waals surface area (Å²) in [5, 5.41) is 13.9. The number of anilines is 2. The lowest BCUT2D eigenvalue weighted by Gasteiger charge is -2.34. The van der Waals surface area contributed by atoms with Gasteiger partial charge in [0.05, 0.1) is 49.0 Å². The number of carbonyl (C=O) groups is 1. The zero-order valence-electron chi connectivity index (χ0n) is 15.1. The second-order valence-corrected chi connectivity index (χ2v) is 6.89. The number of quaternary nitrogens is 1. The standard InChI is InChI=1S/C19H21ClN4O3/c1-2-22-9-11-23(12-10-22)17-6-4-3-5-16(17)21-19(25)14-7-8-15(20)18(13-14)24(26)27/h3-8,13H,2,9-12H2,1H3,(H,21,25)/p+1. The molecule has 1 aliphatic heterocycles. The molecule has 0 saturated carbocycles. The summed E-state index contributed by atoms with van der Waals surface area (Å²) in [7, 11) is 0. The lowest BCUT2D eigenvalue weighted by molar-refractivity contribution is -0.898. The normalized spacial score (nSPS) is 14.8. The quantitative estimate of drug-likeness (QED) is 0.607. The van der Waals surface area contributed by atoms with E-state index in [9.17, 15) is 14.9 Å². The predicted octanol–water partition coefficient (Wildman–Crippen LogP) is 2.23. The van der Waals surface area contributed by atoms with Crippen LogP contribution in [0.5, 0.6) is 0 Å². The molecule has 142 valence electrons. The molecular weight excluding hydrogens is 368 g/mol. The number of hydrogen-bond donors (Lipinski definition) is 2. The number of nitro groups is 1. The van der Waals surface area contributed by atoms with E-state index in [2.05, 4.69) is 17.1 Å². The van der Waals surface area contributed by atoms with Crippen LogP contribution in [0.4, 0.5) is 17.1 Å². The molecule has 0 spiro atoms. The lowest BCUT2D eigenvalue weighted by atomic mass is 10.1. The van der Waals surface area contributed by atoms with Gasteiger partial charge in [-0.3, -0.25) is 14.9 Å². The van der Waals surface area contributed by atoms with Crippen LogP contribution in [0, 0.1) is 10.1 Å². The van der Waals surface area contributed by atoms with E-state index in [0.717, 1.165) is 38.4 Å². The topological polar surface area (TPSA) is 79.9 Å². The van der Waals surface area contributed by atoms with Gasteiger partial charge in [-0.05, 0) is 31.2 Å². The first kappa shape index (κ1) is 19.1. The van der Waals surface area contributed by atoms with E-state index in [1.165, 1.54) is 18.2 Å². The van der Waals surface area contributed by atoms with Crippen LogP contribution in [0.1, 0.15) is 17.3 Å². The Hall–Kier alpha value is -2.64. The molecule has 7 nitrogen and oxygen atoms in total. The Morgan fingerprint density at radius 3 is 2.63 bits per heavy atom. The number of amides is 1. The van der Waals surface area contributed by atoms with E-state index >= 15 is 0 Å². The average molecular weight is 390 g/mol. The number of nitrogens with zero attached hydrogens (tertiary/aromatic N) is 2. The fourth-order valence-corrected chi connectivity index (χ4v) is 3.45. The largest absolute Gasteiger partial charge is 0.359 e. The Balaban J connectivity index is 1.79. The molecule has 2 aromatic rings. The van der Waals surface area contributed by atoms with Crippen molar-refractivity contribution in [1.82, 2.24) is 0 Å². The van der Waals surface area contributed by atoms with Gasteiger partial charge >= 0.3 is 0 Å². The average Bonchev–Trinajstić information content (AvgIpc) is 2.68. The molecule has 1 amide bonds. The summed E-state index contributed by atoms with van der Waals surface area (Å²) in [6.07, 6.45) is 0. The van der Waals surface area contributed by atoms with Crippen molar-refractivity contribution in [2.45, 2.75) is 6.92 Å². The molecular formula is C19H22ClN4O3+. The summed E-state index contributed by atoms with van der Waals surface area (Å²) >= 11 is 5.82. The van der Waals surface area contributed by atoms with Crippen molar-refractivity contribution in [3.8, 4) is 0 Å². The minimum atomic E-state index is -0.595. The zero-order valence-corrected chi connectivity index (χ0v) is 15.8. The first-order chi connectivity index (χ1) is 13.0. The van der Waals surface area contributed by atoms with Crippen LogP contribution >= 0.6 is 11.6 Å². The monoisotopic (exact) mass is 389 g/mol. The van der Waals surface area contributed by atoms with Crippen molar-refractivity contribution >= 4 is 34.6 Å². The van der Waals surface area contributed by atoms with Crippen molar-refractivity contribution < 1.29 is 14.6 Å². The second-order valence-electron chi connectivity index (χ2n) is 6.49. The molecule has 8 heteroatoms. The summed E-state index contributed by atoms with van der Waals surface area (Å²) in [4.78, 5) is 26.9. The molecule has 0 aromatic heterocycles. The number of hydrogen-bond acceptors (Lipinski definition) is 4. The van der Waals surface area contributed by atoms with Gasteiger partial charge in [-0.1, -0.05) is 23.7 Å². The van der Waals surface area contributed by atoms with Crippen LogP contribution in [0.15, 0.2) is 42.5 Å². The van der Waals surface area contributed by atoms with E-state index < -0.39 is 10.8 Å². The van der Waals surface area contributed by atoms with Gasteiger partial charge in [0.1, 0.15) is 5.02 Å². The Morgan fingerprint density at radius 2 is 1.96 bits per heavy atom. The molecule has 27 heavy (non-hydrogen) atoms. The summed E-state index contributed by atoms with van der Waals surface area (Å²) in [5.41, 5.74) is 1.57. The number of halogens is 1. The van der Waals surface area contributed by atoms with E-state index in [1.807, 2.05) is 24.3 Å². The number of nitrogens with one attached hydrogen (secondary N) is 2. The van der Waals surface area contributed by atoms with Crippen LogP contribution < -0.4 is 15.1 Å². The first-order valence-corrected chi connectivity index (χ1v) is 9.30. The molecule has 1 fully saturated rings. The van der Waals surface area contributed by atoms with Gasteiger partial charge in [0.15, 0.2) is 0 Å². The van der Waals surface area contributed by atoms with Crippen molar-refractivity contribution in [2.24, 2.45) is 0 Å². The van der Waals surface area contributed by atoms with Gasteiger partial charge in [0.25, 0.3) is 11.6 Å². The van der Waals surface area contributed by atoms with E-state index in [1.54, 1.807) is 4.90 Å². The van der Waals surface area contributed by atoms with Crippen molar-refractivity contribution in [2.75, 3.05) is 42.9 Å². The molecule has 1 heterocycles. The maximum absolute atomic E-state index is 12.6. The number of para-hydroxylation sites is 2. The summed E-state index contributed by atoms with van der Waals surface area (Å²) in [6, 6.07) is 11.7. The van der Waals surface area contributed by atoms with E-state index in [4.69, 9.17) is 11.6 Å². The Kier molecular flexibility index (Phi) is 5.93. The highest BCUT2D eigenvalue weighted by atomic mass is 35.5. The summed E-state index contributed by atoms with van der Waals surface area (Å²) in [5.74, 6) is -0.403. The van der Waals surface area contributed by atoms with Crippen LogP contribution in [0.2, 0.25) is 5.02 Å². The fraction of sp³-hybridized carbons (Fsp3) is 0.316. The predicted molar refractivity (Wildman–Crippen MR) is 106 cm³/mol. The zero-order chi connectivity index (χ0) is 19.4. The molecule has 0 unspecified atom stereocenters. The fourth-order valence-electron chi connectivity index (χ4n) is 3.26. The molecule has 1 saturated heterocycles. The highest BCUT2D eigenvalue weighted by molar-refractivity contribution is 6.32. The summed E-state index contributed by atoms with van der Waals surface area (Å²) < 4.78 is 0. The van der Waals surface area contributed by atoms with Crippen LogP contribution in [-0.4, -0.2) is 43.6 Å². The minimum absolute atomic E-state index is 0.00763. The molecule has 0 radical (unpaired) electrons. The third kappa shape index (κ3) is 4.37. The second kappa shape index (κ2) is 8.37. The molecule has 2 N–H and O–H groups in total. The number of benzene rings is 2. The van der Waals surface area contributed by atoms with Gasteiger partial charge in [-0.2, -0.15) is 0 Å². The third-order valence-electron chi connectivity index (χ3n) is 4.87. The Bertz CT molecular complexity index is 851. The Labute approximate surface area is 162 Å². The van der Waals surface area contributed by atoms with Crippen molar-refractivity contribution in [3.05, 3.63) is 63.2 Å². The molecule has 3 rings (SSSR count). The van der Waals surface area contributed by atoms with Crippen molar-refractivity contribution in [3.63, 3.8) is 0 Å². The molecule has 2 aromatic carbocycles. The minimum Gasteiger partial charge on any atom is -0.359 e. The van der Waals surface area contributed by atoms with Gasteiger partial charge in [-0.25, -0.2) is 0 Å². The maximum atomic E-state index is 12.6. The highest BCUT2D eigenvalue weighted by Crippen LogP contribution is 2.28. The van der Waals surface area contributed by atoms with Crippen LogP contribution in [0.25, 0.3) is 0 Å². The molecule has 0 aliphatic carbocycles. The number of piperazine rings is 1. The van der Waals surface area contributed by atoms with Crippen LogP contribution in [-0.2, 0) is 0 Å². The molecule has 0 atom stereocenters. The SMILES string of the molecule is CC[NH+]1CCN(c2ccccc2NC(=O)c2ccc(Cl)c([N+](=O)[O-])c2)CC1. The third-order valence-corrected chi connectivity index (χ3v) is 5.19. The van der Waals surface area contributed by atoms with Gasteiger partial charge in [-0.15, -0.1) is 0 Å². The Morgan fingerprint density at radius 1 is 1.26 bits per heavy atom. The van der Waals surface area contributed by atoms with Gasteiger partial charge in [0, 0.05) is 11.6 Å². The van der Waals surface area contributed by atoms with E-state index in [0.29, 0.717) is 5.69 Å². The van der Waals surface area contributed by atoms with Gasteiger partial charge in [0.2, 0.25) is 0 Å². The van der Waals surface area contributed by atoms with Crippen LogP contribution in [0.3, 0.4) is 0 Å².